The molecule has 3 nitrogen and oxygen atoms in total. The third kappa shape index (κ3) is 2.74. The van der Waals surface area contributed by atoms with E-state index in [9.17, 15) is 0 Å². The predicted molar refractivity (Wildman–Crippen MR) is 74.4 cm³/mol. The Morgan fingerprint density at radius 1 is 1.17 bits per heavy atom. The highest BCUT2D eigenvalue weighted by atomic mass is 14.9. The molecule has 0 radical (unpaired) electrons. The summed E-state index contributed by atoms with van der Waals surface area (Å²) in [5.74, 6) is 1.02. The van der Waals surface area contributed by atoms with Crippen LogP contribution < -0.4 is 5.73 Å². The van der Waals surface area contributed by atoms with Crippen molar-refractivity contribution in [2.75, 3.05) is 6.54 Å². The molecule has 1 aromatic carbocycles. The van der Waals surface area contributed by atoms with Crippen molar-refractivity contribution in [3.8, 4) is 11.3 Å². The average Bonchev–Trinajstić information content (AvgIpc) is 2.37. The fourth-order valence-electron chi connectivity index (χ4n) is 1.87. The zero-order valence-corrected chi connectivity index (χ0v) is 11.1. The van der Waals surface area contributed by atoms with E-state index in [1.165, 1.54) is 5.56 Å². The van der Waals surface area contributed by atoms with Crippen LogP contribution in [0, 0.1) is 13.8 Å². The normalized spacial score (nSPS) is 12.4. The monoisotopic (exact) mass is 241 g/mol. The molecule has 1 heterocycles. The lowest BCUT2D eigenvalue weighted by atomic mass is 10.1. The topological polar surface area (TPSA) is 51.8 Å². The SMILES string of the molecule is Cc1cccc(-c2cc(C)nc(C(C)CN)n2)c1. The minimum atomic E-state index is 0.188. The van der Waals surface area contributed by atoms with Crippen LogP contribution in [0.2, 0.25) is 0 Å². The van der Waals surface area contributed by atoms with Gasteiger partial charge in [0.2, 0.25) is 0 Å². The summed E-state index contributed by atoms with van der Waals surface area (Å²) in [7, 11) is 0. The summed E-state index contributed by atoms with van der Waals surface area (Å²) < 4.78 is 0. The van der Waals surface area contributed by atoms with E-state index < -0.39 is 0 Å². The van der Waals surface area contributed by atoms with Crippen molar-refractivity contribution in [2.24, 2.45) is 5.73 Å². The first-order valence-corrected chi connectivity index (χ1v) is 6.23. The van der Waals surface area contributed by atoms with Crippen molar-refractivity contribution >= 4 is 0 Å². The van der Waals surface area contributed by atoms with E-state index in [1.807, 2.05) is 19.1 Å². The van der Waals surface area contributed by atoms with Crippen molar-refractivity contribution in [3.63, 3.8) is 0 Å². The molecule has 0 aliphatic rings. The average molecular weight is 241 g/mol. The Hall–Kier alpha value is -1.74. The zero-order chi connectivity index (χ0) is 13.1. The highest BCUT2D eigenvalue weighted by molar-refractivity contribution is 5.60. The van der Waals surface area contributed by atoms with Crippen molar-refractivity contribution in [1.82, 2.24) is 9.97 Å². The van der Waals surface area contributed by atoms with E-state index in [0.717, 1.165) is 22.8 Å². The fourth-order valence-corrected chi connectivity index (χ4v) is 1.87. The highest BCUT2D eigenvalue weighted by Gasteiger charge is 2.10. The Kier molecular flexibility index (Phi) is 3.72. The van der Waals surface area contributed by atoms with E-state index in [4.69, 9.17) is 5.73 Å². The van der Waals surface area contributed by atoms with Crippen LogP contribution in [0.3, 0.4) is 0 Å². The lowest BCUT2D eigenvalue weighted by Gasteiger charge is -2.10. The number of benzene rings is 1. The minimum absolute atomic E-state index is 0.188. The molecular weight excluding hydrogens is 222 g/mol. The number of aromatic nitrogens is 2. The van der Waals surface area contributed by atoms with Gasteiger partial charge < -0.3 is 5.73 Å². The second-order valence-electron chi connectivity index (χ2n) is 4.76. The Balaban J connectivity index is 2.48. The lowest BCUT2D eigenvalue weighted by molar-refractivity contribution is 0.708. The maximum atomic E-state index is 5.69. The second-order valence-corrected chi connectivity index (χ2v) is 4.76. The molecule has 0 bridgehead atoms. The smallest absolute Gasteiger partial charge is 0.133 e. The summed E-state index contributed by atoms with van der Waals surface area (Å²) >= 11 is 0. The Morgan fingerprint density at radius 3 is 2.61 bits per heavy atom. The first-order chi connectivity index (χ1) is 8.60. The number of nitrogens with zero attached hydrogens (tertiary/aromatic N) is 2. The van der Waals surface area contributed by atoms with Crippen LogP contribution in [0.25, 0.3) is 11.3 Å². The quantitative estimate of drug-likeness (QED) is 0.899. The van der Waals surface area contributed by atoms with Gasteiger partial charge in [0.1, 0.15) is 5.82 Å². The first-order valence-electron chi connectivity index (χ1n) is 6.23. The highest BCUT2D eigenvalue weighted by Crippen LogP contribution is 2.21. The third-order valence-corrected chi connectivity index (χ3v) is 2.98. The standard InChI is InChI=1S/C15H19N3/c1-10-5-4-6-13(7-10)14-8-12(3)17-15(18-14)11(2)9-16/h4-8,11H,9,16H2,1-3H3. The fraction of sp³-hybridized carbons (Fsp3) is 0.333. The number of hydrogen-bond donors (Lipinski definition) is 1. The van der Waals surface area contributed by atoms with Crippen LogP contribution in [-0.4, -0.2) is 16.5 Å². The molecule has 3 heteroatoms. The van der Waals surface area contributed by atoms with Gasteiger partial charge in [0.25, 0.3) is 0 Å². The summed E-state index contributed by atoms with van der Waals surface area (Å²) in [5, 5.41) is 0. The second kappa shape index (κ2) is 5.27. The number of hydrogen-bond acceptors (Lipinski definition) is 3. The molecule has 0 fully saturated rings. The molecular formula is C15H19N3. The van der Waals surface area contributed by atoms with Crippen LogP contribution in [-0.2, 0) is 0 Å². The molecule has 2 rings (SSSR count). The number of aryl methyl sites for hydroxylation is 2. The van der Waals surface area contributed by atoms with Crippen LogP contribution in [0.1, 0.15) is 29.9 Å². The molecule has 94 valence electrons. The van der Waals surface area contributed by atoms with Gasteiger partial charge in [0.15, 0.2) is 0 Å². The van der Waals surface area contributed by atoms with Crippen LogP contribution in [0.4, 0.5) is 0 Å². The predicted octanol–water partition coefficient (Wildman–Crippen LogP) is 2.82. The molecule has 0 amide bonds. The molecule has 0 saturated carbocycles. The molecule has 18 heavy (non-hydrogen) atoms. The van der Waals surface area contributed by atoms with Gasteiger partial charge in [-0.15, -0.1) is 0 Å². The van der Waals surface area contributed by atoms with Gasteiger partial charge in [0, 0.05) is 23.7 Å². The maximum absolute atomic E-state index is 5.69. The van der Waals surface area contributed by atoms with Gasteiger partial charge in [-0.1, -0.05) is 30.7 Å². The van der Waals surface area contributed by atoms with E-state index in [2.05, 4.69) is 42.0 Å². The van der Waals surface area contributed by atoms with Crippen molar-refractivity contribution in [2.45, 2.75) is 26.7 Å². The molecule has 0 saturated heterocycles. The molecule has 2 N–H and O–H groups in total. The van der Waals surface area contributed by atoms with Crippen LogP contribution in [0.5, 0.6) is 0 Å². The summed E-state index contributed by atoms with van der Waals surface area (Å²) in [6.45, 7) is 6.69. The first kappa shape index (κ1) is 12.7. The molecule has 0 aliphatic heterocycles. The van der Waals surface area contributed by atoms with Crippen molar-refractivity contribution in [3.05, 3.63) is 47.4 Å². The van der Waals surface area contributed by atoms with E-state index in [1.54, 1.807) is 0 Å². The van der Waals surface area contributed by atoms with E-state index in [-0.39, 0.29) is 5.92 Å². The van der Waals surface area contributed by atoms with Gasteiger partial charge >= 0.3 is 0 Å². The van der Waals surface area contributed by atoms with Gasteiger partial charge in [0.05, 0.1) is 5.69 Å². The minimum Gasteiger partial charge on any atom is -0.330 e. The molecule has 1 atom stereocenters. The lowest BCUT2D eigenvalue weighted by Crippen LogP contribution is -2.13. The molecule has 2 aromatic rings. The number of nitrogens with two attached hydrogens (primary N) is 1. The van der Waals surface area contributed by atoms with Gasteiger partial charge in [-0.3, -0.25) is 0 Å². The van der Waals surface area contributed by atoms with Crippen molar-refractivity contribution in [1.29, 1.82) is 0 Å². The molecule has 1 unspecified atom stereocenters. The van der Waals surface area contributed by atoms with E-state index in [0.29, 0.717) is 6.54 Å². The largest absolute Gasteiger partial charge is 0.330 e. The van der Waals surface area contributed by atoms with Crippen LogP contribution >= 0.6 is 0 Å². The van der Waals surface area contributed by atoms with Crippen molar-refractivity contribution < 1.29 is 0 Å². The summed E-state index contributed by atoms with van der Waals surface area (Å²) in [5.41, 5.74) is 10.0. The Labute approximate surface area is 108 Å². The third-order valence-electron chi connectivity index (χ3n) is 2.98. The van der Waals surface area contributed by atoms with Gasteiger partial charge in [-0.25, -0.2) is 9.97 Å². The van der Waals surface area contributed by atoms with Crippen LogP contribution in [0.15, 0.2) is 30.3 Å². The molecule has 0 spiro atoms. The molecule has 0 aliphatic carbocycles. The maximum Gasteiger partial charge on any atom is 0.133 e. The number of rotatable bonds is 3. The van der Waals surface area contributed by atoms with Gasteiger partial charge in [-0.2, -0.15) is 0 Å². The Bertz CT molecular complexity index is 549. The molecule has 1 aromatic heterocycles. The summed E-state index contributed by atoms with van der Waals surface area (Å²) in [6.07, 6.45) is 0. The van der Waals surface area contributed by atoms with E-state index >= 15 is 0 Å². The Morgan fingerprint density at radius 2 is 1.94 bits per heavy atom. The summed E-state index contributed by atoms with van der Waals surface area (Å²) in [4.78, 5) is 9.09. The van der Waals surface area contributed by atoms with Gasteiger partial charge in [-0.05, 0) is 26.0 Å². The zero-order valence-electron chi connectivity index (χ0n) is 11.1. The summed E-state index contributed by atoms with van der Waals surface area (Å²) in [6, 6.07) is 10.4.